The third-order valence-corrected chi connectivity index (χ3v) is 4.42. The van der Waals surface area contributed by atoms with Gasteiger partial charge >= 0.3 is 0 Å². The van der Waals surface area contributed by atoms with Crippen LogP contribution in [-0.2, 0) is 0 Å². The number of hydrogen-bond acceptors (Lipinski definition) is 4. The minimum absolute atomic E-state index is 0.0105. The van der Waals surface area contributed by atoms with Gasteiger partial charge in [-0.25, -0.2) is 4.98 Å². The SMILES string of the molecule is CC(C)CCN1C[C@@H]2Oc3ncccc3C(=O)N(C)[C@@H]2C1. The van der Waals surface area contributed by atoms with Crippen molar-refractivity contribution < 1.29 is 9.53 Å². The monoisotopic (exact) mass is 289 g/mol. The number of carbonyl (C=O) groups excluding carboxylic acids is 1. The third kappa shape index (κ3) is 2.75. The second-order valence-corrected chi connectivity index (χ2v) is 6.44. The van der Waals surface area contributed by atoms with E-state index in [-0.39, 0.29) is 18.1 Å². The Labute approximate surface area is 125 Å². The van der Waals surface area contributed by atoms with Gasteiger partial charge in [-0.05, 0) is 31.0 Å². The Morgan fingerprint density at radius 1 is 1.43 bits per heavy atom. The average Bonchev–Trinajstić information content (AvgIpc) is 2.83. The number of carbonyl (C=O) groups is 1. The van der Waals surface area contributed by atoms with Crippen LogP contribution >= 0.6 is 0 Å². The Balaban J connectivity index is 1.78. The molecule has 1 aromatic heterocycles. The van der Waals surface area contributed by atoms with E-state index in [2.05, 4.69) is 23.7 Å². The zero-order valence-corrected chi connectivity index (χ0v) is 13.0. The standard InChI is InChI=1S/C16H23N3O2/c1-11(2)6-8-19-9-13-14(10-19)21-15-12(5-4-7-17-15)16(20)18(13)3/h4-5,7,11,13-14H,6,8-10H2,1-3H3/t13-,14+/m1/s1. The summed E-state index contributed by atoms with van der Waals surface area (Å²) in [5, 5.41) is 0. The molecule has 0 saturated carbocycles. The van der Waals surface area contributed by atoms with Crippen LogP contribution in [0.5, 0.6) is 5.88 Å². The molecule has 114 valence electrons. The molecule has 1 saturated heterocycles. The van der Waals surface area contributed by atoms with E-state index in [1.165, 1.54) is 6.42 Å². The van der Waals surface area contributed by atoms with Gasteiger partial charge < -0.3 is 9.64 Å². The minimum atomic E-state index is 0.0105. The van der Waals surface area contributed by atoms with E-state index in [1.54, 1.807) is 18.3 Å². The summed E-state index contributed by atoms with van der Waals surface area (Å²) in [5.41, 5.74) is 0.572. The molecule has 3 rings (SSSR count). The molecule has 21 heavy (non-hydrogen) atoms. The van der Waals surface area contributed by atoms with Gasteiger partial charge in [-0.3, -0.25) is 9.69 Å². The first-order chi connectivity index (χ1) is 10.1. The van der Waals surface area contributed by atoms with Crippen LogP contribution in [-0.4, -0.2) is 59.5 Å². The predicted octanol–water partition coefficient (Wildman–Crippen LogP) is 1.64. The lowest BCUT2D eigenvalue weighted by Gasteiger charge is -2.25. The molecule has 0 aliphatic carbocycles. The maximum atomic E-state index is 12.5. The molecular formula is C16H23N3O2. The van der Waals surface area contributed by atoms with E-state index in [4.69, 9.17) is 4.74 Å². The van der Waals surface area contributed by atoms with Crippen LogP contribution in [0.4, 0.5) is 0 Å². The van der Waals surface area contributed by atoms with Crippen molar-refractivity contribution in [2.24, 2.45) is 5.92 Å². The van der Waals surface area contributed by atoms with Crippen LogP contribution in [0, 0.1) is 5.92 Å². The van der Waals surface area contributed by atoms with Crippen molar-refractivity contribution in [2.75, 3.05) is 26.7 Å². The van der Waals surface area contributed by atoms with Gasteiger partial charge in [-0.15, -0.1) is 0 Å². The summed E-state index contributed by atoms with van der Waals surface area (Å²) in [5.74, 6) is 1.18. The van der Waals surface area contributed by atoms with Gasteiger partial charge in [0.25, 0.3) is 5.91 Å². The van der Waals surface area contributed by atoms with Crippen LogP contribution in [0.3, 0.4) is 0 Å². The third-order valence-electron chi connectivity index (χ3n) is 4.42. The Kier molecular flexibility index (Phi) is 3.85. The minimum Gasteiger partial charge on any atom is -0.470 e. The van der Waals surface area contributed by atoms with Crippen LogP contribution in [0.2, 0.25) is 0 Å². The fourth-order valence-electron chi connectivity index (χ4n) is 3.08. The zero-order chi connectivity index (χ0) is 15.0. The molecule has 1 amide bonds. The van der Waals surface area contributed by atoms with Crippen LogP contribution in [0.15, 0.2) is 18.3 Å². The number of ether oxygens (including phenoxy) is 1. The van der Waals surface area contributed by atoms with Crippen LogP contribution < -0.4 is 4.74 Å². The van der Waals surface area contributed by atoms with E-state index < -0.39 is 0 Å². The van der Waals surface area contributed by atoms with E-state index in [9.17, 15) is 4.79 Å². The molecule has 0 spiro atoms. The molecule has 0 N–H and O–H groups in total. The molecule has 5 heteroatoms. The van der Waals surface area contributed by atoms with Gasteiger partial charge in [-0.1, -0.05) is 13.8 Å². The summed E-state index contributed by atoms with van der Waals surface area (Å²) in [6, 6.07) is 3.68. The molecule has 1 aromatic rings. The van der Waals surface area contributed by atoms with Gasteiger partial charge in [0.05, 0.1) is 6.04 Å². The smallest absolute Gasteiger partial charge is 0.259 e. The largest absolute Gasteiger partial charge is 0.470 e. The molecule has 0 unspecified atom stereocenters. The summed E-state index contributed by atoms with van der Waals surface area (Å²) in [7, 11) is 1.87. The maximum Gasteiger partial charge on any atom is 0.259 e. The number of nitrogens with zero attached hydrogens (tertiary/aromatic N) is 3. The highest BCUT2D eigenvalue weighted by Crippen LogP contribution is 2.29. The first-order valence-corrected chi connectivity index (χ1v) is 7.67. The molecule has 0 aromatic carbocycles. The second-order valence-electron chi connectivity index (χ2n) is 6.44. The molecule has 2 atom stereocenters. The number of hydrogen-bond donors (Lipinski definition) is 0. The summed E-state index contributed by atoms with van der Waals surface area (Å²) in [4.78, 5) is 21.0. The molecule has 0 bridgehead atoms. The van der Waals surface area contributed by atoms with E-state index in [1.807, 2.05) is 11.9 Å². The Morgan fingerprint density at radius 2 is 2.24 bits per heavy atom. The molecular weight excluding hydrogens is 266 g/mol. The molecule has 5 nitrogen and oxygen atoms in total. The van der Waals surface area contributed by atoms with Crippen molar-refractivity contribution >= 4 is 5.91 Å². The van der Waals surface area contributed by atoms with Crippen molar-refractivity contribution in [2.45, 2.75) is 32.4 Å². The lowest BCUT2D eigenvalue weighted by atomic mass is 10.1. The van der Waals surface area contributed by atoms with Gasteiger partial charge in [0.15, 0.2) is 0 Å². The fourth-order valence-corrected chi connectivity index (χ4v) is 3.08. The predicted molar refractivity (Wildman–Crippen MR) is 80.4 cm³/mol. The van der Waals surface area contributed by atoms with Crippen molar-refractivity contribution in [1.29, 1.82) is 0 Å². The van der Waals surface area contributed by atoms with Crippen LogP contribution in [0.1, 0.15) is 30.6 Å². The highest BCUT2D eigenvalue weighted by Gasteiger charge is 2.42. The number of likely N-dealkylation sites (N-methyl/N-ethyl adjacent to an activating group) is 1. The summed E-state index contributed by atoms with van der Waals surface area (Å²) >= 11 is 0. The first-order valence-electron chi connectivity index (χ1n) is 7.67. The normalized spacial score (nSPS) is 25.5. The molecule has 0 radical (unpaired) electrons. The van der Waals surface area contributed by atoms with Crippen molar-refractivity contribution in [3.63, 3.8) is 0 Å². The van der Waals surface area contributed by atoms with Crippen LogP contribution in [0.25, 0.3) is 0 Å². The molecule has 3 heterocycles. The van der Waals surface area contributed by atoms with Gasteiger partial charge in [0, 0.05) is 26.3 Å². The first kappa shape index (κ1) is 14.3. The van der Waals surface area contributed by atoms with Gasteiger partial charge in [0.1, 0.15) is 11.7 Å². The number of fused-ring (bicyclic) bond motifs is 2. The highest BCUT2D eigenvalue weighted by atomic mass is 16.5. The van der Waals surface area contributed by atoms with Gasteiger partial charge in [-0.2, -0.15) is 0 Å². The fraction of sp³-hybridized carbons (Fsp3) is 0.625. The van der Waals surface area contributed by atoms with E-state index in [0.29, 0.717) is 17.4 Å². The lowest BCUT2D eigenvalue weighted by molar-refractivity contribution is 0.0680. The highest BCUT2D eigenvalue weighted by molar-refractivity contribution is 5.96. The number of amides is 1. The molecule has 2 aliphatic heterocycles. The topological polar surface area (TPSA) is 45.7 Å². The Hall–Kier alpha value is -1.62. The number of rotatable bonds is 3. The van der Waals surface area contributed by atoms with E-state index in [0.717, 1.165) is 19.6 Å². The summed E-state index contributed by atoms with van der Waals surface area (Å²) < 4.78 is 6.04. The second kappa shape index (κ2) is 5.64. The van der Waals surface area contributed by atoms with Crippen molar-refractivity contribution in [1.82, 2.24) is 14.8 Å². The molecule has 1 fully saturated rings. The van der Waals surface area contributed by atoms with E-state index >= 15 is 0 Å². The summed E-state index contributed by atoms with van der Waals surface area (Å²) in [6.45, 7) is 7.28. The number of likely N-dealkylation sites (tertiary alicyclic amines) is 1. The zero-order valence-electron chi connectivity index (χ0n) is 13.0. The average molecular weight is 289 g/mol. The Bertz CT molecular complexity index is 532. The quantitative estimate of drug-likeness (QED) is 0.849. The molecule has 2 aliphatic rings. The van der Waals surface area contributed by atoms with Gasteiger partial charge in [0.2, 0.25) is 5.88 Å². The van der Waals surface area contributed by atoms with Crippen molar-refractivity contribution in [3.8, 4) is 5.88 Å². The summed E-state index contributed by atoms with van der Waals surface area (Å²) in [6.07, 6.45) is 2.87. The lowest BCUT2D eigenvalue weighted by Crippen LogP contribution is -2.44. The Morgan fingerprint density at radius 3 is 3.00 bits per heavy atom. The van der Waals surface area contributed by atoms with Crippen molar-refractivity contribution in [3.05, 3.63) is 23.9 Å². The number of aromatic nitrogens is 1. The number of pyridine rings is 1. The maximum absolute atomic E-state index is 12.5.